The first-order chi connectivity index (χ1) is 9.56. The van der Waals surface area contributed by atoms with Gasteiger partial charge in [-0.25, -0.2) is 10.2 Å². The summed E-state index contributed by atoms with van der Waals surface area (Å²) in [7, 11) is 0. The Morgan fingerprint density at radius 2 is 2.15 bits per heavy atom. The van der Waals surface area contributed by atoms with E-state index < -0.39 is 12.1 Å². The van der Waals surface area contributed by atoms with Crippen molar-refractivity contribution in [2.45, 2.75) is 25.9 Å². The van der Waals surface area contributed by atoms with Gasteiger partial charge in [-0.05, 0) is 18.9 Å². The predicted molar refractivity (Wildman–Crippen MR) is 74.0 cm³/mol. The van der Waals surface area contributed by atoms with Crippen LogP contribution < -0.4 is 11.2 Å². The van der Waals surface area contributed by atoms with Crippen LogP contribution in [0.5, 0.6) is 0 Å². The van der Waals surface area contributed by atoms with E-state index in [-0.39, 0.29) is 11.9 Å². The third kappa shape index (κ3) is 3.57. The van der Waals surface area contributed by atoms with Crippen LogP contribution in [0.25, 0.3) is 0 Å². The van der Waals surface area contributed by atoms with Crippen LogP contribution in [-0.2, 0) is 16.0 Å². The lowest BCUT2D eigenvalue weighted by molar-refractivity contribution is -0.142. The van der Waals surface area contributed by atoms with Crippen molar-refractivity contribution >= 4 is 17.7 Å². The molecular weight excluding hydrogens is 258 g/mol. The molecule has 6 nitrogen and oxygen atoms in total. The van der Waals surface area contributed by atoms with Crippen molar-refractivity contribution in [2.75, 3.05) is 0 Å². The Morgan fingerprint density at radius 3 is 2.80 bits per heavy atom. The zero-order valence-corrected chi connectivity index (χ0v) is 11.2. The molecule has 0 unspecified atom stereocenters. The molecular formula is C14H17N3O3. The van der Waals surface area contributed by atoms with Crippen molar-refractivity contribution < 1.29 is 14.3 Å². The van der Waals surface area contributed by atoms with Crippen LogP contribution in [0.4, 0.5) is 4.79 Å². The summed E-state index contributed by atoms with van der Waals surface area (Å²) in [6.45, 7) is 1.69. The van der Waals surface area contributed by atoms with E-state index in [2.05, 4.69) is 10.5 Å². The fourth-order valence-electron chi connectivity index (χ4n) is 2.18. The number of benzene rings is 1. The van der Waals surface area contributed by atoms with E-state index in [0.717, 1.165) is 5.56 Å². The number of esters is 1. The van der Waals surface area contributed by atoms with Crippen LogP contribution in [-0.4, -0.2) is 23.8 Å². The van der Waals surface area contributed by atoms with E-state index in [1.165, 1.54) is 0 Å². The zero-order chi connectivity index (χ0) is 14.5. The fourth-order valence-corrected chi connectivity index (χ4v) is 2.18. The number of cyclic esters (lactones) is 1. The Kier molecular flexibility index (Phi) is 4.34. The topological polar surface area (TPSA) is 93.8 Å². The van der Waals surface area contributed by atoms with Crippen molar-refractivity contribution in [1.29, 1.82) is 0 Å². The smallest absolute Gasteiger partial charge is 0.332 e. The lowest BCUT2D eigenvalue weighted by atomic mass is 9.95. The first-order valence-corrected chi connectivity index (χ1v) is 6.40. The van der Waals surface area contributed by atoms with Crippen LogP contribution in [0, 0.1) is 5.92 Å². The number of amides is 2. The molecule has 3 N–H and O–H groups in total. The molecule has 0 aromatic heterocycles. The van der Waals surface area contributed by atoms with Crippen molar-refractivity contribution in [3.63, 3.8) is 0 Å². The fraction of sp³-hybridized carbons (Fsp3) is 0.357. The number of nitrogens with two attached hydrogens (primary N) is 1. The Labute approximate surface area is 117 Å². The number of hydrogen-bond donors (Lipinski definition) is 2. The van der Waals surface area contributed by atoms with Crippen molar-refractivity contribution in [2.24, 2.45) is 16.8 Å². The highest BCUT2D eigenvalue weighted by Crippen LogP contribution is 2.25. The molecule has 1 aliphatic heterocycles. The molecule has 0 aliphatic carbocycles. The number of ether oxygens (including phenoxy) is 1. The minimum absolute atomic E-state index is 0.180. The van der Waals surface area contributed by atoms with Crippen LogP contribution >= 0.6 is 0 Å². The van der Waals surface area contributed by atoms with Crippen molar-refractivity contribution in [3.05, 3.63) is 35.9 Å². The number of primary amides is 1. The summed E-state index contributed by atoms with van der Waals surface area (Å²) in [6, 6.07) is 9.04. The Hall–Kier alpha value is -2.37. The Bertz CT molecular complexity index is 528. The van der Waals surface area contributed by atoms with Crippen LogP contribution in [0.3, 0.4) is 0 Å². The number of carbonyl (C=O) groups excluding carboxylic acids is 2. The van der Waals surface area contributed by atoms with Gasteiger partial charge in [-0.15, -0.1) is 0 Å². The van der Waals surface area contributed by atoms with E-state index in [9.17, 15) is 9.59 Å². The molecule has 1 heterocycles. The standard InChI is InChI=1S/C14H17N3O3/c1-9(16-17-14(15)19)12-8-11(13(18)20-12)7-10-5-3-2-4-6-10/h2-6,11-12H,7-8H2,1H3,(H3,15,17,19)/b16-9-/t11-,12+/m0/s1. The van der Waals surface area contributed by atoms with Crippen LogP contribution in [0.15, 0.2) is 35.4 Å². The van der Waals surface area contributed by atoms with Gasteiger partial charge in [0, 0.05) is 6.42 Å². The average molecular weight is 275 g/mol. The van der Waals surface area contributed by atoms with Gasteiger partial charge >= 0.3 is 12.0 Å². The molecule has 2 rings (SSSR count). The number of carbonyl (C=O) groups is 2. The lowest BCUT2D eigenvalue weighted by Crippen LogP contribution is -2.28. The molecule has 106 valence electrons. The molecule has 0 saturated carbocycles. The maximum absolute atomic E-state index is 11.8. The average Bonchev–Trinajstić information content (AvgIpc) is 2.79. The molecule has 2 amide bonds. The van der Waals surface area contributed by atoms with E-state index in [1.54, 1.807) is 6.92 Å². The lowest BCUT2D eigenvalue weighted by Gasteiger charge is -2.07. The maximum Gasteiger partial charge on any atom is 0.332 e. The monoisotopic (exact) mass is 275 g/mol. The van der Waals surface area contributed by atoms with Gasteiger partial charge in [-0.1, -0.05) is 30.3 Å². The Morgan fingerprint density at radius 1 is 1.45 bits per heavy atom. The first-order valence-electron chi connectivity index (χ1n) is 6.40. The number of urea groups is 1. The quantitative estimate of drug-likeness (QED) is 0.491. The predicted octanol–water partition coefficient (Wildman–Crippen LogP) is 1.20. The summed E-state index contributed by atoms with van der Waals surface area (Å²) in [5, 5.41) is 3.80. The second-order valence-electron chi connectivity index (χ2n) is 4.78. The summed E-state index contributed by atoms with van der Waals surface area (Å²) in [5.41, 5.74) is 8.70. The van der Waals surface area contributed by atoms with E-state index in [0.29, 0.717) is 18.6 Å². The summed E-state index contributed by atoms with van der Waals surface area (Å²) in [4.78, 5) is 22.4. The molecule has 0 spiro atoms. The minimum atomic E-state index is -0.741. The molecule has 0 bridgehead atoms. The maximum atomic E-state index is 11.8. The largest absolute Gasteiger partial charge is 0.456 e. The minimum Gasteiger partial charge on any atom is -0.456 e. The molecule has 1 fully saturated rings. The van der Waals surface area contributed by atoms with Crippen molar-refractivity contribution in [3.8, 4) is 0 Å². The highest BCUT2D eigenvalue weighted by Gasteiger charge is 2.35. The number of hydrazone groups is 1. The SMILES string of the molecule is C/C(=N/NC(N)=O)[C@H]1C[C@H](Cc2ccccc2)C(=O)O1. The number of nitrogens with one attached hydrogen (secondary N) is 1. The third-order valence-electron chi connectivity index (χ3n) is 3.22. The van der Waals surface area contributed by atoms with Crippen LogP contribution in [0.1, 0.15) is 18.9 Å². The summed E-state index contributed by atoms with van der Waals surface area (Å²) < 4.78 is 5.28. The van der Waals surface area contributed by atoms with Gasteiger partial charge in [-0.3, -0.25) is 4.79 Å². The first kappa shape index (κ1) is 14.0. The molecule has 20 heavy (non-hydrogen) atoms. The van der Waals surface area contributed by atoms with Gasteiger partial charge in [0.1, 0.15) is 6.10 Å². The molecule has 1 aromatic rings. The Balaban J connectivity index is 1.97. The zero-order valence-electron chi connectivity index (χ0n) is 11.2. The van der Waals surface area contributed by atoms with Gasteiger partial charge in [0.15, 0.2) is 0 Å². The van der Waals surface area contributed by atoms with Crippen molar-refractivity contribution in [1.82, 2.24) is 5.43 Å². The third-order valence-corrected chi connectivity index (χ3v) is 3.22. The second kappa shape index (κ2) is 6.18. The normalized spacial score (nSPS) is 22.4. The summed E-state index contributed by atoms with van der Waals surface area (Å²) in [5.74, 6) is -0.409. The molecule has 1 aromatic carbocycles. The summed E-state index contributed by atoms with van der Waals surface area (Å²) in [6.07, 6.45) is 0.805. The molecule has 6 heteroatoms. The van der Waals surface area contributed by atoms with Gasteiger partial charge < -0.3 is 10.5 Å². The molecule has 2 atom stereocenters. The highest BCUT2D eigenvalue weighted by molar-refractivity contribution is 5.92. The van der Waals surface area contributed by atoms with Crippen LogP contribution in [0.2, 0.25) is 0 Å². The molecule has 1 saturated heterocycles. The molecule has 0 radical (unpaired) electrons. The van der Waals surface area contributed by atoms with E-state index in [4.69, 9.17) is 10.5 Å². The number of hydrogen-bond acceptors (Lipinski definition) is 4. The van der Waals surface area contributed by atoms with E-state index >= 15 is 0 Å². The highest BCUT2D eigenvalue weighted by atomic mass is 16.6. The second-order valence-corrected chi connectivity index (χ2v) is 4.78. The van der Waals surface area contributed by atoms with Gasteiger partial charge in [0.05, 0.1) is 11.6 Å². The van der Waals surface area contributed by atoms with Gasteiger partial charge in [0.25, 0.3) is 0 Å². The van der Waals surface area contributed by atoms with Gasteiger partial charge in [0.2, 0.25) is 0 Å². The van der Waals surface area contributed by atoms with E-state index in [1.807, 2.05) is 30.3 Å². The molecule has 1 aliphatic rings. The number of rotatable bonds is 4. The number of nitrogens with zero attached hydrogens (tertiary/aromatic N) is 1. The van der Waals surface area contributed by atoms with Gasteiger partial charge in [-0.2, -0.15) is 5.10 Å². The summed E-state index contributed by atoms with van der Waals surface area (Å²) >= 11 is 0.